The summed E-state index contributed by atoms with van der Waals surface area (Å²) in [6.45, 7) is 0.00493. The molecule has 1 aromatic heterocycles. The van der Waals surface area contributed by atoms with E-state index in [1.807, 2.05) is 54.6 Å². The van der Waals surface area contributed by atoms with Crippen LogP contribution in [0.1, 0.15) is 10.4 Å². The Morgan fingerprint density at radius 2 is 1.48 bits per heavy atom. The van der Waals surface area contributed by atoms with E-state index >= 15 is 0 Å². The molecule has 7 heteroatoms. The van der Waals surface area contributed by atoms with Crippen LogP contribution in [0.3, 0.4) is 0 Å². The molecule has 170 valence electrons. The molecule has 1 amide bonds. The summed E-state index contributed by atoms with van der Waals surface area (Å²) in [5.74, 6) is 1.59. The van der Waals surface area contributed by atoms with E-state index in [1.54, 1.807) is 33.5 Å². The highest BCUT2D eigenvalue weighted by molar-refractivity contribution is 6.11. The Hall–Kier alpha value is -3.97. The van der Waals surface area contributed by atoms with Gasteiger partial charge in [0.15, 0.2) is 11.5 Å². The van der Waals surface area contributed by atoms with Gasteiger partial charge in [-0.2, -0.15) is 0 Å². The van der Waals surface area contributed by atoms with E-state index < -0.39 is 0 Å². The van der Waals surface area contributed by atoms with Gasteiger partial charge in [-0.05, 0) is 35.9 Å². The van der Waals surface area contributed by atoms with Crippen molar-refractivity contribution in [1.29, 1.82) is 0 Å². The molecule has 0 saturated heterocycles. The number of methoxy groups -OCH3 is 4. The number of hydrogen-bond acceptors (Lipinski definition) is 6. The minimum absolute atomic E-state index is 0.00493. The van der Waals surface area contributed by atoms with Gasteiger partial charge < -0.3 is 23.4 Å². The van der Waals surface area contributed by atoms with Gasteiger partial charge in [0.2, 0.25) is 11.6 Å². The van der Waals surface area contributed by atoms with E-state index in [0.717, 1.165) is 10.9 Å². The smallest absolute Gasteiger partial charge is 0.262 e. The van der Waals surface area contributed by atoms with Gasteiger partial charge in [0.25, 0.3) is 5.91 Å². The Morgan fingerprint density at radius 3 is 2.09 bits per heavy atom. The molecule has 0 unspecified atom stereocenters. The van der Waals surface area contributed by atoms with E-state index in [0.29, 0.717) is 39.8 Å². The van der Waals surface area contributed by atoms with Crippen molar-refractivity contribution in [1.82, 2.24) is 0 Å². The van der Waals surface area contributed by atoms with Crippen molar-refractivity contribution in [3.63, 3.8) is 0 Å². The molecule has 0 atom stereocenters. The largest absolute Gasteiger partial charge is 0.493 e. The van der Waals surface area contributed by atoms with Gasteiger partial charge in [0, 0.05) is 18.1 Å². The summed E-state index contributed by atoms with van der Waals surface area (Å²) in [6, 6.07) is 20.3. The number of anilines is 1. The highest BCUT2D eigenvalue weighted by Gasteiger charge is 2.28. The molecular weight excluding hydrogens is 422 g/mol. The van der Waals surface area contributed by atoms with E-state index in [4.69, 9.17) is 23.4 Å². The van der Waals surface area contributed by atoms with Crippen LogP contribution in [-0.4, -0.2) is 41.1 Å². The molecule has 0 aliphatic rings. The van der Waals surface area contributed by atoms with Crippen molar-refractivity contribution in [3.8, 4) is 28.4 Å². The minimum atomic E-state index is -0.245. The number of para-hydroxylation sites is 1. The van der Waals surface area contributed by atoms with Gasteiger partial charge in [0.1, 0.15) is 12.3 Å². The van der Waals surface area contributed by atoms with E-state index in [1.165, 1.54) is 12.0 Å². The van der Waals surface area contributed by atoms with Crippen molar-refractivity contribution in [2.24, 2.45) is 0 Å². The first kappa shape index (κ1) is 22.2. The number of ether oxygens (including phenoxy) is 4. The third kappa shape index (κ3) is 4.10. The number of furan rings is 1. The van der Waals surface area contributed by atoms with Crippen LogP contribution >= 0.6 is 0 Å². The second kappa shape index (κ2) is 9.67. The summed E-state index contributed by atoms with van der Waals surface area (Å²) in [6.07, 6.45) is 0. The highest BCUT2D eigenvalue weighted by atomic mass is 16.5. The zero-order valence-electron chi connectivity index (χ0n) is 19.0. The number of carbonyl (C=O) groups is 1. The summed E-state index contributed by atoms with van der Waals surface area (Å²) in [5, 5.41) is 0.837. The van der Waals surface area contributed by atoms with Crippen molar-refractivity contribution in [2.75, 3.05) is 40.1 Å². The highest BCUT2D eigenvalue weighted by Crippen LogP contribution is 2.47. The molecule has 0 aliphatic heterocycles. The first-order valence-electron chi connectivity index (χ1n) is 10.3. The lowest BCUT2D eigenvalue weighted by atomic mass is 10.0. The van der Waals surface area contributed by atoms with Crippen LogP contribution < -0.4 is 19.1 Å². The van der Waals surface area contributed by atoms with Crippen LogP contribution in [0.2, 0.25) is 0 Å². The van der Waals surface area contributed by atoms with Crippen LogP contribution in [0.4, 0.5) is 5.88 Å². The Kier molecular flexibility index (Phi) is 6.51. The van der Waals surface area contributed by atoms with Crippen LogP contribution in [-0.2, 0) is 4.74 Å². The summed E-state index contributed by atoms with van der Waals surface area (Å²) in [7, 11) is 6.21. The fraction of sp³-hybridized carbons (Fsp3) is 0.192. The monoisotopic (exact) mass is 447 g/mol. The maximum Gasteiger partial charge on any atom is 0.262 e. The third-order valence-corrected chi connectivity index (χ3v) is 5.30. The molecule has 0 saturated carbocycles. The molecular formula is C26H25NO6. The summed E-state index contributed by atoms with van der Waals surface area (Å²) < 4.78 is 28.2. The molecule has 33 heavy (non-hydrogen) atoms. The summed E-state index contributed by atoms with van der Waals surface area (Å²) >= 11 is 0. The Bertz CT molecular complexity index is 1240. The number of hydrogen-bond donors (Lipinski definition) is 0. The van der Waals surface area contributed by atoms with Crippen molar-refractivity contribution >= 4 is 22.8 Å². The molecule has 0 fully saturated rings. The van der Waals surface area contributed by atoms with Crippen LogP contribution in [0.25, 0.3) is 22.1 Å². The lowest BCUT2D eigenvalue weighted by Crippen LogP contribution is -2.32. The lowest BCUT2D eigenvalue weighted by Gasteiger charge is -2.21. The molecule has 0 radical (unpaired) electrons. The predicted octanol–water partition coefficient (Wildman–Crippen LogP) is 5.38. The van der Waals surface area contributed by atoms with Gasteiger partial charge in [-0.1, -0.05) is 36.4 Å². The fourth-order valence-corrected chi connectivity index (χ4v) is 3.80. The second-order valence-corrected chi connectivity index (χ2v) is 7.21. The SMILES string of the molecule is COCN(C(=O)c1ccccc1)c1oc2ccccc2c1-c1cc(OC)c(OC)c(OC)c1. The molecule has 3 aromatic carbocycles. The first-order chi connectivity index (χ1) is 16.1. The first-order valence-corrected chi connectivity index (χ1v) is 10.3. The van der Waals surface area contributed by atoms with Crippen molar-refractivity contribution in [3.05, 3.63) is 72.3 Å². The molecule has 0 spiro atoms. The molecule has 1 heterocycles. The number of carbonyl (C=O) groups excluding carboxylic acids is 1. The van der Waals surface area contributed by atoms with Crippen molar-refractivity contribution in [2.45, 2.75) is 0 Å². The van der Waals surface area contributed by atoms with E-state index in [-0.39, 0.29) is 12.6 Å². The number of fused-ring (bicyclic) bond motifs is 1. The normalized spacial score (nSPS) is 10.8. The zero-order valence-corrected chi connectivity index (χ0v) is 19.0. The Morgan fingerprint density at radius 1 is 0.848 bits per heavy atom. The molecule has 0 aliphatic carbocycles. The average molecular weight is 447 g/mol. The lowest BCUT2D eigenvalue weighted by molar-refractivity contribution is 0.0929. The maximum absolute atomic E-state index is 13.5. The predicted molar refractivity (Wildman–Crippen MR) is 126 cm³/mol. The standard InChI is InChI=1S/C26H25NO6/c1-29-16-27(25(28)17-10-6-5-7-11-17)26-23(19-12-8-9-13-20(19)33-26)18-14-21(30-2)24(32-4)22(15-18)31-3/h5-15H,16H2,1-4H3. The molecule has 7 nitrogen and oxygen atoms in total. The van der Waals surface area contributed by atoms with E-state index in [2.05, 4.69) is 0 Å². The number of benzene rings is 3. The maximum atomic E-state index is 13.5. The molecule has 4 rings (SSSR count). The topological polar surface area (TPSA) is 70.4 Å². The van der Waals surface area contributed by atoms with Gasteiger partial charge in [-0.3, -0.25) is 9.69 Å². The van der Waals surface area contributed by atoms with Gasteiger partial charge in [-0.25, -0.2) is 0 Å². The van der Waals surface area contributed by atoms with Gasteiger partial charge in [-0.15, -0.1) is 0 Å². The zero-order chi connectivity index (χ0) is 23.4. The quantitative estimate of drug-likeness (QED) is 0.338. The summed E-state index contributed by atoms with van der Waals surface area (Å²) in [5.41, 5.74) is 2.61. The van der Waals surface area contributed by atoms with Gasteiger partial charge in [0.05, 0.1) is 26.9 Å². The summed E-state index contributed by atoms with van der Waals surface area (Å²) in [4.78, 5) is 14.9. The second-order valence-electron chi connectivity index (χ2n) is 7.21. The minimum Gasteiger partial charge on any atom is -0.493 e. The number of rotatable bonds is 8. The Labute approximate surface area is 192 Å². The Balaban J connectivity index is 1.97. The number of nitrogens with zero attached hydrogens (tertiary/aromatic N) is 1. The number of amides is 1. The molecule has 4 aromatic rings. The van der Waals surface area contributed by atoms with Crippen LogP contribution in [0.5, 0.6) is 17.2 Å². The van der Waals surface area contributed by atoms with Crippen LogP contribution in [0, 0.1) is 0 Å². The van der Waals surface area contributed by atoms with Gasteiger partial charge >= 0.3 is 0 Å². The molecule has 0 bridgehead atoms. The average Bonchev–Trinajstić information content (AvgIpc) is 3.25. The van der Waals surface area contributed by atoms with Crippen molar-refractivity contribution < 1.29 is 28.2 Å². The third-order valence-electron chi connectivity index (χ3n) is 5.30. The fourth-order valence-electron chi connectivity index (χ4n) is 3.80. The molecule has 0 N–H and O–H groups in total. The van der Waals surface area contributed by atoms with Crippen LogP contribution in [0.15, 0.2) is 71.1 Å². The van der Waals surface area contributed by atoms with E-state index in [9.17, 15) is 4.79 Å².